The molecule has 0 fully saturated rings. The zero-order valence-corrected chi connectivity index (χ0v) is 16.7. The minimum atomic E-state index is -0.453. The summed E-state index contributed by atoms with van der Waals surface area (Å²) in [6.07, 6.45) is 1.56. The van der Waals surface area contributed by atoms with Crippen LogP contribution in [0.3, 0.4) is 0 Å². The van der Waals surface area contributed by atoms with Crippen molar-refractivity contribution in [3.63, 3.8) is 0 Å². The summed E-state index contributed by atoms with van der Waals surface area (Å²) in [6, 6.07) is 0. The monoisotopic (exact) mass is 616 g/mol. The fourth-order valence-electron chi connectivity index (χ4n) is 0.636. The van der Waals surface area contributed by atoms with E-state index in [0.717, 1.165) is 0 Å². The Balaban J connectivity index is -0.000000320. The largest absolute Gasteiger partial charge is 1.00 e. The van der Waals surface area contributed by atoms with Crippen molar-refractivity contribution in [1.82, 2.24) is 0 Å². The maximum atomic E-state index is 2.48. The van der Waals surface area contributed by atoms with Gasteiger partial charge in [0.2, 0.25) is 0 Å². The van der Waals surface area contributed by atoms with Gasteiger partial charge < -0.3 is 48.0 Å². The van der Waals surface area contributed by atoms with Crippen LogP contribution in [0.25, 0.3) is 0 Å². The van der Waals surface area contributed by atoms with Gasteiger partial charge in [0.05, 0.1) is 0 Å². The first-order chi connectivity index (χ1) is 4.13. The van der Waals surface area contributed by atoms with E-state index in [2.05, 4.69) is 19.9 Å². The smallest absolute Gasteiger partial charge is 1.00 e. The molecule has 0 N–H and O–H groups in total. The molecule has 0 saturated carbocycles. The average Bonchev–Trinajstić information content (AvgIpc) is 1.63. The molecule has 0 heterocycles. The predicted octanol–water partition coefficient (Wildman–Crippen LogP) is -3.11. The summed E-state index contributed by atoms with van der Waals surface area (Å²) in [4.78, 5) is 9.92. The minimum absolute atomic E-state index is 0. The molecule has 0 radical (unpaired) electrons. The van der Waals surface area contributed by atoms with Gasteiger partial charge in [-0.05, 0) is 0 Å². The zero-order chi connectivity index (χ0) is 7.28. The van der Waals surface area contributed by atoms with Gasteiger partial charge in [-0.2, -0.15) is 0 Å². The molecule has 0 spiro atoms. The van der Waals surface area contributed by atoms with E-state index in [9.17, 15) is 0 Å². The molecule has 0 rings (SSSR count). The topological polar surface area (TPSA) is 0 Å². The second kappa shape index (κ2) is 13.0. The van der Waals surface area contributed by atoms with Crippen LogP contribution in [0, 0.1) is 0 Å². The van der Waals surface area contributed by atoms with Crippen molar-refractivity contribution in [2.75, 3.05) is 0 Å². The Bertz CT molecular complexity index is 59.5. The Morgan fingerprint density at radius 1 is 0.727 bits per heavy atom. The fourth-order valence-corrected chi connectivity index (χ4v) is 6.52. The Morgan fingerprint density at radius 2 is 1.00 bits per heavy atom. The van der Waals surface area contributed by atoms with Crippen molar-refractivity contribution in [2.45, 2.75) is 35.2 Å². The first kappa shape index (κ1) is 19.6. The summed E-state index contributed by atoms with van der Waals surface area (Å²) < 4.78 is 3.23. The van der Waals surface area contributed by atoms with Gasteiger partial charge in [-0.1, -0.05) is 0 Å². The first-order valence-corrected chi connectivity index (χ1v) is 15.8. The van der Waals surface area contributed by atoms with Crippen LogP contribution in [0.4, 0.5) is 0 Å². The molecule has 0 unspecified atom stereocenters. The van der Waals surface area contributed by atoms with Crippen LogP contribution in [0.15, 0.2) is 0 Å². The van der Waals surface area contributed by atoms with Gasteiger partial charge >= 0.3 is 74.3 Å². The van der Waals surface area contributed by atoms with Crippen LogP contribution in [0.5, 0.6) is 0 Å². The average molecular weight is 611 g/mol. The molecule has 0 aromatic heterocycles. The molecule has 72 valence electrons. The molecule has 0 saturated heterocycles. The number of halogens is 2. The van der Waals surface area contributed by atoms with E-state index in [1.165, 1.54) is 0 Å². The molecule has 0 atom stereocenters. The molecule has 0 aromatic carbocycles. The predicted molar refractivity (Wildman–Crippen MR) is 49.2 cm³/mol. The van der Waals surface area contributed by atoms with E-state index in [4.69, 9.17) is 0 Å². The summed E-state index contributed by atoms with van der Waals surface area (Å²) in [6.45, 7) is 0. The van der Waals surface area contributed by atoms with Crippen LogP contribution < -0.4 is 48.0 Å². The van der Waals surface area contributed by atoms with Gasteiger partial charge in [-0.15, -0.1) is 0 Å². The third-order valence-electron chi connectivity index (χ3n) is 1.11. The third kappa shape index (κ3) is 19.4. The molecule has 11 heavy (non-hydrogen) atoms. The van der Waals surface area contributed by atoms with Crippen molar-refractivity contribution < 1.29 is 48.0 Å². The van der Waals surface area contributed by atoms with Gasteiger partial charge in [0.25, 0.3) is 0 Å². The van der Waals surface area contributed by atoms with Crippen LogP contribution in [-0.2, 0) is 0 Å². The van der Waals surface area contributed by atoms with Crippen molar-refractivity contribution >= 4 is 39.1 Å². The molecule has 0 amide bonds. The second-order valence-electron chi connectivity index (χ2n) is 2.73. The normalized spacial score (nSPS) is 9.27. The van der Waals surface area contributed by atoms with Gasteiger partial charge in [0, 0.05) is 0 Å². The summed E-state index contributed by atoms with van der Waals surface area (Å²) in [7, 11) is 0. The Kier molecular flexibility index (Phi) is 23.2. The molecule has 0 aliphatic rings. The van der Waals surface area contributed by atoms with Gasteiger partial charge in [-0.3, -0.25) is 0 Å². The molecular formula is C7H18I2Te2. The van der Waals surface area contributed by atoms with E-state index >= 15 is 0 Å². The van der Waals surface area contributed by atoms with Crippen LogP contribution in [0.1, 0.15) is 6.42 Å². The third-order valence-corrected chi connectivity index (χ3v) is 7.41. The Labute approximate surface area is 120 Å². The van der Waals surface area contributed by atoms with E-state index in [1.54, 1.807) is 15.4 Å². The first-order valence-electron chi connectivity index (χ1n) is 3.21. The standard InChI is InChI=1S/C7H18Te2.2HI/c1-8(2)6-5-7-9(3)4;;/h5-7H2,1-4H3;2*1H/q+2;;/p-2. The van der Waals surface area contributed by atoms with E-state index < -0.39 is 39.1 Å². The quantitative estimate of drug-likeness (QED) is 0.234. The van der Waals surface area contributed by atoms with Crippen LogP contribution >= 0.6 is 0 Å². The van der Waals surface area contributed by atoms with E-state index in [1.807, 2.05) is 0 Å². The maximum Gasteiger partial charge on any atom is -1.00 e. The van der Waals surface area contributed by atoms with Crippen molar-refractivity contribution in [1.29, 1.82) is 0 Å². The molecular weight excluding hydrogens is 593 g/mol. The zero-order valence-electron chi connectivity index (χ0n) is 7.69. The molecule has 0 aromatic rings. The van der Waals surface area contributed by atoms with Crippen molar-refractivity contribution in [3.05, 3.63) is 0 Å². The Morgan fingerprint density at radius 3 is 1.18 bits per heavy atom. The summed E-state index contributed by atoms with van der Waals surface area (Å²) in [5.41, 5.74) is 0. The van der Waals surface area contributed by atoms with Crippen molar-refractivity contribution in [2.24, 2.45) is 0 Å². The number of hydrogen-bond acceptors (Lipinski definition) is 0. The van der Waals surface area contributed by atoms with Gasteiger partial charge in [0.15, 0.2) is 0 Å². The summed E-state index contributed by atoms with van der Waals surface area (Å²) in [5.74, 6) is 0. The van der Waals surface area contributed by atoms with Gasteiger partial charge in [0.1, 0.15) is 0 Å². The molecule has 0 aliphatic carbocycles. The second-order valence-corrected chi connectivity index (χ2v) is 16.3. The summed E-state index contributed by atoms with van der Waals surface area (Å²) >= 11 is -0.907. The maximum absolute atomic E-state index is 2.48. The number of hydrogen-bond donors (Lipinski definition) is 0. The van der Waals surface area contributed by atoms with E-state index in [0.29, 0.717) is 0 Å². The molecule has 0 nitrogen and oxygen atoms in total. The van der Waals surface area contributed by atoms with Crippen LogP contribution in [-0.4, -0.2) is 39.1 Å². The fraction of sp³-hybridized carbons (Fsp3) is 1.00. The van der Waals surface area contributed by atoms with Crippen LogP contribution in [0.2, 0.25) is 28.8 Å². The Hall–Kier alpha value is 3.04. The molecule has 0 aliphatic heterocycles. The molecule has 4 heteroatoms. The SMILES string of the molecule is C[Te+](C)CCC[Te+](C)C.[I-].[I-]. The van der Waals surface area contributed by atoms with Gasteiger partial charge in [-0.25, -0.2) is 0 Å². The summed E-state index contributed by atoms with van der Waals surface area (Å²) in [5, 5.41) is 0. The van der Waals surface area contributed by atoms with E-state index in [-0.39, 0.29) is 48.0 Å². The number of rotatable bonds is 4. The minimum Gasteiger partial charge on any atom is -1.00 e. The molecule has 0 bridgehead atoms. The van der Waals surface area contributed by atoms with Crippen molar-refractivity contribution in [3.8, 4) is 0 Å².